The van der Waals surface area contributed by atoms with Crippen molar-refractivity contribution in [3.8, 4) is 0 Å². The molecule has 0 saturated heterocycles. The van der Waals surface area contributed by atoms with E-state index in [1.54, 1.807) is 0 Å². The van der Waals surface area contributed by atoms with Gasteiger partial charge in [-0.2, -0.15) is 0 Å². The van der Waals surface area contributed by atoms with Gasteiger partial charge in [-0.05, 0) is 49.2 Å². The summed E-state index contributed by atoms with van der Waals surface area (Å²) in [4.78, 5) is 12.1. The van der Waals surface area contributed by atoms with E-state index in [9.17, 15) is 22.4 Å². The van der Waals surface area contributed by atoms with Crippen LogP contribution in [0.2, 0.25) is 0 Å². The zero-order valence-electron chi connectivity index (χ0n) is 10.7. The van der Waals surface area contributed by atoms with E-state index in [0.717, 1.165) is 0 Å². The predicted octanol–water partition coefficient (Wildman–Crippen LogP) is 4.09. The summed E-state index contributed by atoms with van der Waals surface area (Å²) in [7, 11) is 0. The quantitative estimate of drug-likeness (QED) is 0.460. The van der Waals surface area contributed by atoms with Gasteiger partial charge in [0.15, 0.2) is 23.2 Å². The molecule has 0 atom stereocenters. The molecule has 0 N–H and O–H groups in total. The normalized spacial score (nSPS) is 10.7. The molecule has 0 unspecified atom stereocenters. The largest absolute Gasteiger partial charge is 0.289 e. The summed E-state index contributed by atoms with van der Waals surface area (Å²) in [5.74, 6) is -5.66. The number of hydrogen-bond donors (Lipinski definition) is 0. The fourth-order valence-corrected chi connectivity index (χ4v) is 1.93. The van der Waals surface area contributed by atoms with Crippen LogP contribution in [-0.4, -0.2) is 5.78 Å². The van der Waals surface area contributed by atoms with Crippen LogP contribution < -0.4 is 0 Å². The Morgan fingerprint density at radius 3 is 1.60 bits per heavy atom. The van der Waals surface area contributed by atoms with Gasteiger partial charge in [0.2, 0.25) is 0 Å². The summed E-state index contributed by atoms with van der Waals surface area (Å²) >= 11 is 0. The van der Waals surface area contributed by atoms with E-state index in [1.165, 1.54) is 26.0 Å². The van der Waals surface area contributed by atoms with Crippen LogP contribution in [0.1, 0.15) is 27.0 Å². The van der Waals surface area contributed by atoms with E-state index in [1.807, 2.05) is 0 Å². The Labute approximate surface area is 112 Å². The highest BCUT2D eigenvalue weighted by molar-refractivity contribution is 6.09. The maximum absolute atomic E-state index is 13.5. The van der Waals surface area contributed by atoms with E-state index >= 15 is 0 Å². The van der Waals surface area contributed by atoms with E-state index in [2.05, 4.69) is 0 Å². The molecule has 0 fully saturated rings. The summed E-state index contributed by atoms with van der Waals surface area (Å²) in [5, 5.41) is 0. The van der Waals surface area contributed by atoms with Crippen molar-refractivity contribution in [2.75, 3.05) is 0 Å². The minimum atomic E-state index is -1.63. The molecular weight excluding hydrogens is 272 g/mol. The molecule has 0 aromatic heterocycles. The topological polar surface area (TPSA) is 17.1 Å². The minimum Gasteiger partial charge on any atom is -0.289 e. The third kappa shape index (κ3) is 2.43. The van der Waals surface area contributed by atoms with Gasteiger partial charge in [0, 0.05) is 11.1 Å². The zero-order chi connectivity index (χ0) is 15.0. The molecule has 5 heteroatoms. The Morgan fingerprint density at radius 2 is 1.15 bits per heavy atom. The van der Waals surface area contributed by atoms with E-state index < -0.39 is 29.1 Å². The Hall–Kier alpha value is -2.17. The van der Waals surface area contributed by atoms with E-state index in [-0.39, 0.29) is 22.3 Å². The molecule has 20 heavy (non-hydrogen) atoms. The highest BCUT2D eigenvalue weighted by Crippen LogP contribution is 2.20. The Morgan fingerprint density at radius 1 is 0.750 bits per heavy atom. The highest BCUT2D eigenvalue weighted by Gasteiger charge is 2.17. The molecule has 104 valence electrons. The number of carbonyl (C=O) groups is 1. The predicted molar refractivity (Wildman–Crippen MR) is 65.6 cm³/mol. The van der Waals surface area contributed by atoms with Gasteiger partial charge < -0.3 is 0 Å². The molecule has 0 heterocycles. The Kier molecular flexibility index (Phi) is 3.61. The molecule has 0 radical (unpaired) electrons. The van der Waals surface area contributed by atoms with Crippen molar-refractivity contribution in [3.63, 3.8) is 0 Å². The Bertz CT molecular complexity index is 602. The number of carbonyl (C=O) groups excluding carboxylic acids is 1. The summed E-state index contributed by atoms with van der Waals surface area (Å²) in [5.41, 5.74) is 0.256. The molecule has 0 bridgehead atoms. The van der Waals surface area contributed by atoms with Gasteiger partial charge in [0.1, 0.15) is 5.82 Å². The van der Waals surface area contributed by atoms with Crippen molar-refractivity contribution in [3.05, 3.63) is 69.8 Å². The number of rotatable bonds is 2. The average molecular weight is 282 g/mol. The van der Waals surface area contributed by atoms with Crippen molar-refractivity contribution in [1.82, 2.24) is 0 Å². The first kappa shape index (κ1) is 14.2. The van der Waals surface area contributed by atoms with Crippen LogP contribution in [0.25, 0.3) is 0 Å². The lowest BCUT2D eigenvalue weighted by atomic mass is 9.98. The number of aryl methyl sites for hydroxylation is 2. The fourth-order valence-electron chi connectivity index (χ4n) is 1.93. The summed E-state index contributed by atoms with van der Waals surface area (Å²) in [6.45, 7) is 2.95. The SMILES string of the molecule is Cc1cc(C(=O)c2cc(F)c(F)c(F)c2)cc(C)c1F. The second-order valence-electron chi connectivity index (χ2n) is 4.51. The minimum absolute atomic E-state index is 0.0896. The number of benzene rings is 2. The summed E-state index contributed by atoms with van der Waals surface area (Å²) in [6.07, 6.45) is 0. The lowest BCUT2D eigenvalue weighted by Gasteiger charge is -2.07. The van der Waals surface area contributed by atoms with Gasteiger partial charge in [0.25, 0.3) is 0 Å². The molecule has 0 aliphatic carbocycles. The van der Waals surface area contributed by atoms with Gasteiger partial charge >= 0.3 is 0 Å². The highest BCUT2D eigenvalue weighted by atomic mass is 19.2. The standard InChI is InChI=1S/C15H10F4O/c1-7-3-9(4-8(2)13(7)18)15(20)10-5-11(16)14(19)12(17)6-10/h3-6H,1-2H3. The second kappa shape index (κ2) is 5.07. The van der Waals surface area contributed by atoms with Crippen LogP contribution in [-0.2, 0) is 0 Å². The molecule has 0 spiro atoms. The van der Waals surface area contributed by atoms with Crippen LogP contribution in [0, 0.1) is 37.1 Å². The molecule has 0 aliphatic rings. The van der Waals surface area contributed by atoms with Gasteiger partial charge in [-0.1, -0.05) is 0 Å². The first-order chi connectivity index (χ1) is 9.31. The number of halogens is 4. The molecule has 0 amide bonds. The fraction of sp³-hybridized carbons (Fsp3) is 0.133. The van der Waals surface area contributed by atoms with Crippen LogP contribution in [0.15, 0.2) is 24.3 Å². The Balaban J connectivity index is 2.52. The molecule has 0 aliphatic heterocycles. The van der Waals surface area contributed by atoms with E-state index in [4.69, 9.17) is 0 Å². The summed E-state index contributed by atoms with van der Waals surface area (Å²) in [6, 6.07) is 3.80. The molecular formula is C15H10F4O. The van der Waals surface area contributed by atoms with Crippen molar-refractivity contribution < 1.29 is 22.4 Å². The summed E-state index contributed by atoms with van der Waals surface area (Å²) < 4.78 is 52.5. The average Bonchev–Trinajstić information content (AvgIpc) is 2.40. The molecule has 2 rings (SSSR count). The lowest BCUT2D eigenvalue weighted by molar-refractivity contribution is 0.103. The van der Waals surface area contributed by atoms with Crippen LogP contribution in [0.3, 0.4) is 0 Å². The smallest absolute Gasteiger partial charge is 0.194 e. The number of hydrogen-bond acceptors (Lipinski definition) is 1. The number of ketones is 1. The van der Waals surface area contributed by atoms with Gasteiger partial charge in [-0.25, -0.2) is 17.6 Å². The molecule has 2 aromatic rings. The van der Waals surface area contributed by atoms with Crippen LogP contribution >= 0.6 is 0 Å². The van der Waals surface area contributed by atoms with Crippen molar-refractivity contribution in [2.24, 2.45) is 0 Å². The second-order valence-corrected chi connectivity index (χ2v) is 4.51. The van der Waals surface area contributed by atoms with Crippen molar-refractivity contribution in [2.45, 2.75) is 13.8 Å². The lowest BCUT2D eigenvalue weighted by Crippen LogP contribution is -2.06. The third-order valence-electron chi connectivity index (χ3n) is 2.94. The maximum Gasteiger partial charge on any atom is 0.194 e. The molecule has 0 saturated carbocycles. The first-order valence-electron chi connectivity index (χ1n) is 5.77. The van der Waals surface area contributed by atoms with E-state index in [0.29, 0.717) is 12.1 Å². The molecule has 1 nitrogen and oxygen atoms in total. The monoisotopic (exact) mass is 282 g/mol. The maximum atomic E-state index is 13.5. The van der Waals surface area contributed by atoms with Gasteiger partial charge in [0.05, 0.1) is 0 Å². The van der Waals surface area contributed by atoms with Crippen LogP contribution in [0.4, 0.5) is 17.6 Å². The molecule has 2 aromatic carbocycles. The van der Waals surface area contributed by atoms with Crippen molar-refractivity contribution in [1.29, 1.82) is 0 Å². The third-order valence-corrected chi connectivity index (χ3v) is 2.94. The zero-order valence-corrected chi connectivity index (χ0v) is 10.7. The van der Waals surface area contributed by atoms with Gasteiger partial charge in [-0.3, -0.25) is 4.79 Å². The van der Waals surface area contributed by atoms with Crippen molar-refractivity contribution >= 4 is 5.78 Å². The van der Waals surface area contributed by atoms with Crippen LogP contribution in [0.5, 0.6) is 0 Å². The first-order valence-corrected chi connectivity index (χ1v) is 5.77. The van der Waals surface area contributed by atoms with Gasteiger partial charge in [-0.15, -0.1) is 0 Å².